The molecule has 1 aromatic heterocycles. The lowest BCUT2D eigenvalue weighted by molar-refractivity contribution is -0.697. The summed E-state index contributed by atoms with van der Waals surface area (Å²) < 4.78 is 2.18. The van der Waals surface area contributed by atoms with Gasteiger partial charge in [-0.2, -0.15) is 4.57 Å². The summed E-state index contributed by atoms with van der Waals surface area (Å²) in [5.41, 5.74) is 12.5. The zero-order valence-corrected chi connectivity index (χ0v) is 18.1. The van der Waals surface area contributed by atoms with Gasteiger partial charge in [0.15, 0.2) is 6.54 Å². The van der Waals surface area contributed by atoms with Crippen molar-refractivity contribution >= 4 is 35.3 Å². The summed E-state index contributed by atoms with van der Waals surface area (Å²) >= 11 is 0. The lowest BCUT2D eigenvalue weighted by Crippen LogP contribution is -2.43. The summed E-state index contributed by atoms with van der Waals surface area (Å²) in [7, 11) is 0. The molecule has 0 radical (unpaired) electrons. The van der Waals surface area contributed by atoms with E-state index in [1.165, 1.54) is 0 Å². The summed E-state index contributed by atoms with van der Waals surface area (Å²) in [6.45, 7) is 5.26. The molecule has 0 spiro atoms. The molecule has 3 aromatic carbocycles. The Kier molecular flexibility index (Phi) is 6.91. The van der Waals surface area contributed by atoms with Crippen LogP contribution in [0.3, 0.4) is 0 Å². The van der Waals surface area contributed by atoms with Crippen molar-refractivity contribution in [3.8, 4) is 0 Å². The highest BCUT2D eigenvalue weighted by Gasteiger charge is 2.12. The van der Waals surface area contributed by atoms with Gasteiger partial charge in [0.1, 0.15) is 0 Å². The van der Waals surface area contributed by atoms with Crippen LogP contribution in [0.1, 0.15) is 17.0 Å². The number of rotatable bonds is 8. The molecule has 0 aliphatic rings. The van der Waals surface area contributed by atoms with Crippen LogP contribution < -0.4 is 15.2 Å². The van der Waals surface area contributed by atoms with Crippen molar-refractivity contribution in [2.75, 3.05) is 11.4 Å². The third kappa shape index (κ3) is 4.85. The third-order valence-corrected chi connectivity index (χ3v) is 5.35. The number of benzene rings is 3. The van der Waals surface area contributed by atoms with Crippen LogP contribution in [0.15, 0.2) is 110 Å². The fourth-order valence-electron chi connectivity index (χ4n) is 3.80. The normalized spacial score (nSPS) is 10.9. The van der Waals surface area contributed by atoms with Crippen molar-refractivity contribution in [3.63, 3.8) is 0 Å². The van der Waals surface area contributed by atoms with E-state index < -0.39 is 0 Å². The van der Waals surface area contributed by atoms with E-state index in [9.17, 15) is 0 Å². The van der Waals surface area contributed by atoms with E-state index in [0.717, 1.165) is 40.6 Å². The molecule has 0 fully saturated rings. The average molecular weight is 419 g/mol. The highest BCUT2D eigenvalue weighted by molar-refractivity contribution is 5.77. The Bertz CT molecular complexity index is 1140. The average Bonchev–Trinajstić information content (AvgIpc) is 2.86. The maximum Gasteiger partial charge on any atom is 0.205 e. The Labute approximate surface area is 190 Å². The molecule has 0 saturated carbocycles. The summed E-state index contributed by atoms with van der Waals surface area (Å²) in [5, 5.41) is 0. The fraction of sp³-hybridized carbons (Fsp3) is 0.0690. The van der Waals surface area contributed by atoms with Gasteiger partial charge >= 0.3 is 0 Å². The lowest BCUT2D eigenvalue weighted by atomic mass is 10.1. The molecule has 0 bridgehead atoms. The summed E-state index contributed by atoms with van der Waals surface area (Å²) in [4.78, 5) is 2.26. The van der Waals surface area contributed by atoms with Crippen molar-refractivity contribution < 1.29 is 4.57 Å². The third-order valence-electron chi connectivity index (χ3n) is 5.35. The monoisotopic (exact) mass is 418 g/mol. The van der Waals surface area contributed by atoms with E-state index in [-0.39, 0.29) is 0 Å². The second-order valence-electron chi connectivity index (χ2n) is 7.45. The molecule has 0 unspecified atom stereocenters. The zero-order valence-electron chi connectivity index (χ0n) is 18.1. The maximum atomic E-state index is 5.82. The minimum absolute atomic E-state index is 0.583. The van der Waals surface area contributed by atoms with E-state index in [4.69, 9.17) is 5.73 Å². The van der Waals surface area contributed by atoms with E-state index in [1.54, 1.807) is 0 Å². The van der Waals surface area contributed by atoms with Crippen molar-refractivity contribution in [1.82, 2.24) is 0 Å². The largest absolute Gasteiger partial charge is 0.325 e. The minimum Gasteiger partial charge on any atom is -0.325 e. The van der Waals surface area contributed by atoms with Gasteiger partial charge < -0.3 is 10.6 Å². The van der Waals surface area contributed by atoms with Crippen molar-refractivity contribution in [3.05, 3.63) is 127 Å². The Morgan fingerprint density at radius 2 is 1.22 bits per heavy atom. The molecule has 0 amide bonds. The number of aromatic nitrogens is 1. The molecule has 158 valence electrons. The number of para-hydroxylation sites is 2. The van der Waals surface area contributed by atoms with Crippen LogP contribution >= 0.6 is 0 Å². The Hall–Kier alpha value is -3.95. The molecule has 3 nitrogen and oxygen atoms in total. The molecule has 0 atom stereocenters. The second-order valence-corrected chi connectivity index (χ2v) is 7.45. The fourth-order valence-corrected chi connectivity index (χ4v) is 3.80. The van der Waals surface area contributed by atoms with Gasteiger partial charge in [-0.3, -0.25) is 0 Å². The molecule has 0 aliphatic carbocycles. The molecule has 32 heavy (non-hydrogen) atoms. The first-order valence-corrected chi connectivity index (χ1v) is 10.8. The van der Waals surface area contributed by atoms with Crippen LogP contribution in [-0.4, -0.2) is 6.54 Å². The highest BCUT2D eigenvalue weighted by atomic mass is 15.1. The number of hydrogen-bond donors (Lipinski definition) is 1. The smallest absolute Gasteiger partial charge is 0.205 e. The lowest BCUT2D eigenvalue weighted by Gasteiger charge is -2.25. The second kappa shape index (κ2) is 10.4. The van der Waals surface area contributed by atoms with Gasteiger partial charge in [-0.15, -0.1) is 0 Å². The number of pyridine rings is 1. The van der Waals surface area contributed by atoms with Gasteiger partial charge in [-0.25, -0.2) is 0 Å². The predicted molar refractivity (Wildman–Crippen MR) is 136 cm³/mol. The first kappa shape index (κ1) is 21.3. The topological polar surface area (TPSA) is 33.1 Å². The van der Waals surface area contributed by atoms with Crippen LogP contribution in [0.5, 0.6) is 0 Å². The molecular weight excluding hydrogens is 390 g/mol. The predicted octanol–water partition coefficient (Wildman–Crippen LogP) is 6.22. The molecule has 0 aliphatic heterocycles. The quantitative estimate of drug-likeness (QED) is 0.345. The molecule has 4 aromatic rings. The van der Waals surface area contributed by atoms with E-state index in [2.05, 4.69) is 113 Å². The van der Waals surface area contributed by atoms with Gasteiger partial charge in [0.2, 0.25) is 11.4 Å². The SMILES string of the molecule is C=Cc1cccc(/C=C/c2ccc(N(c3ccccc3)c3ccccc3)cc2)[n+]1CCN. The van der Waals surface area contributed by atoms with Gasteiger partial charge in [-0.05, 0) is 54.1 Å². The maximum absolute atomic E-state index is 5.82. The first-order valence-electron chi connectivity index (χ1n) is 10.8. The molecular formula is C29H28N3+. The van der Waals surface area contributed by atoms with Crippen molar-refractivity contribution in [1.29, 1.82) is 0 Å². The van der Waals surface area contributed by atoms with Crippen molar-refractivity contribution in [2.24, 2.45) is 5.73 Å². The molecule has 3 heteroatoms. The number of anilines is 3. The van der Waals surface area contributed by atoms with Gasteiger partial charge in [0.25, 0.3) is 0 Å². The van der Waals surface area contributed by atoms with E-state index >= 15 is 0 Å². The number of nitrogens with zero attached hydrogens (tertiary/aromatic N) is 2. The van der Waals surface area contributed by atoms with Crippen LogP contribution in [0.2, 0.25) is 0 Å². The standard InChI is InChI=1S/C29H28N3/c1-2-25-14-9-15-26(31(25)23-22-30)19-16-24-17-20-29(21-18-24)32(27-10-5-3-6-11-27)28-12-7-4-8-13-28/h2-21H,1,22-23,30H2/q+1. The molecule has 4 rings (SSSR count). The summed E-state index contributed by atoms with van der Waals surface area (Å²) in [5.74, 6) is 0. The Morgan fingerprint density at radius 1 is 0.656 bits per heavy atom. The summed E-state index contributed by atoms with van der Waals surface area (Å²) in [6.07, 6.45) is 6.13. The Balaban J connectivity index is 1.63. The van der Waals surface area contributed by atoms with Gasteiger partial charge in [-0.1, -0.05) is 55.1 Å². The van der Waals surface area contributed by atoms with Crippen LogP contribution in [0.4, 0.5) is 17.1 Å². The first-order chi connectivity index (χ1) is 15.8. The zero-order chi connectivity index (χ0) is 22.2. The van der Waals surface area contributed by atoms with Crippen LogP contribution in [0, 0.1) is 0 Å². The summed E-state index contributed by atoms with van der Waals surface area (Å²) in [6, 6.07) is 35.7. The number of nitrogens with two attached hydrogens (primary N) is 1. The molecule has 0 saturated heterocycles. The molecule has 2 N–H and O–H groups in total. The van der Waals surface area contributed by atoms with E-state index in [0.29, 0.717) is 6.54 Å². The van der Waals surface area contributed by atoms with Crippen molar-refractivity contribution in [2.45, 2.75) is 6.54 Å². The van der Waals surface area contributed by atoms with E-state index in [1.807, 2.05) is 24.3 Å². The molecule has 1 heterocycles. The van der Waals surface area contributed by atoms with Crippen LogP contribution in [0.25, 0.3) is 18.2 Å². The van der Waals surface area contributed by atoms with Crippen LogP contribution in [-0.2, 0) is 6.54 Å². The minimum atomic E-state index is 0.583. The number of hydrogen-bond acceptors (Lipinski definition) is 2. The van der Waals surface area contributed by atoms with Gasteiger partial charge in [0, 0.05) is 41.3 Å². The Morgan fingerprint density at radius 3 is 1.78 bits per heavy atom. The highest BCUT2D eigenvalue weighted by Crippen LogP contribution is 2.34. The van der Waals surface area contributed by atoms with Gasteiger partial charge in [0.05, 0.1) is 6.54 Å².